The number of aryl methyl sites for hydroxylation is 1. The van der Waals surface area contributed by atoms with E-state index in [4.69, 9.17) is 5.73 Å². The molecule has 102 valence electrons. The summed E-state index contributed by atoms with van der Waals surface area (Å²) >= 11 is 0. The van der Waals surface area contributed by atoms with E-state index in [1.807, 2.05) is 18.5 Å². The van der Waals surface area contributed by atoms with E-state index in [-0.39, 0.29) is 11.5 Å². The minimum atomic E-state index is 0.230. The summed E-state index contributed by atoms with van der Waals surface area (Å²) in [6.45, 7) is 11.8. The normalized spacial score (nSPS) is 15.8. The Bertz CT molecular complexity index is 382. The van der Waals surface area contributed by atoms with Crippen LogP contribution in [0.2, 0.25) is 0 Å². The molecule has 0 saturated heterocycles. The molecule has 0 aromatic carbocycles. The number of nitrogens with zero attached hydrogens (tertiary/aromatic N) is 2. The average molecular weight is 249 g/mol. The van der Waals surface area contributed by atoms with E-state index < -0.39 is 0 Å². The van der Waals surface area contributed by atoms with E-state index in [9.17, 15) is 0 Å². The number of aromatic nitrogens is 1. The largest absolute Gasteiger partial charge is 0.329 e. The van der Waals surface area contributed by atoms with E-state index in [1.54, 1.807) is 0 Å². The molecule has 0 aliphatic heterocycles. The van der Waals surface area contributed by atoms with E-state index in [0.717, 1.165) is 0 Å². The van der Waals surface area contributed by atoms with Gasteiger partial charge in [0, 0.05) is 31.0 Å². The Hall–Kier alpha value is -0.930. The van der Waals surface area contributed by atoms with Crippen LogP contribution in [0.5, 0.6) is 0 Å². The van der Waals surface area contributed by atoms with Crippen molar-refractivity contribution in [3.63, 3.8) is 0 Å². The van der Waals surface area contributed by atoms with E-state index >= 15 is 0 Å². The first-order chi connectivity index (χ1) is 8.29. The fraction of sp³-hybridized carbons (Fsp3) is 0.667. The van der Waals surface area contributed by atoms with Gasteiger partial charge in [0.1, 0.15) is 0 Å². The Balaban J connectivity index is 3.01. The number of hydrogen-bond acceptors (Lipinski definition) is 3. The lowest BCUT2D eigenvalue weighted by atomic mass is 9.85. The van der Waals surface area contributed by atoms with Crippen LogP contribution in [0.3, 0.4) is 0 Å². The van der Waals surface area contributed by atoms with Gasteiger partial charge in [0.25, 0.3) is 0 Å². The lowest BCUT2D eigenvalue weighted by molar-refractivity contribution is 0.0997. The van der Waals surface area contributed by atoms with Gasteiger partial charge in [-0.3, -0.25) is 9.88 Å². The Morgan fingerprint density at radius 3 is 2.44 bits per heavy atom. The number of hydrogen-bond donors (Lipinski definition) is 1. The first-order valence-corrected chi connectivity index (χ1v) is 6.61. The summed E-state index contributed by atoms with van der Waals surface area (Å²) in [5.74, 6) is 0. The molecule has 0 aliphatic rings. The van der Waals surface area contributed by atoms with Gasteiger partial charge >= 0.3 is 0 Å². The van der Waals surface area contributed by atoms with Crippen molar-refractivity contribution < 1.29 is 0 Å². The Morgan fingerprint density at radius 1 is 1.39 bits per heavy atom. The van der Waals surface area contributed by atoms with Crippen LogP contribution in [0, 0.1) is 12.3 Å². The van der Waals surface area contributed by atoms with Crippen molar-refractivity contribution in [3.05, 3.63) is 29.6 Å². The molecule has 0 fully saturated rings. The van der Waals surface area contributed by atoms with Crippen molar-refractivity contribution in [2.75, 3.05) is 13.6 Å². The van der Waals surface area contributed by atoms with Crippen LogP contribution in [-0.2, 0) is 0 Å². The van der Waals surface area contributed by atoms with Crippen molar-refractivity contribution in [3.8, 4) is 0 Å². The van der Waals surface area contributed by atoms with Gasteiger partial charge in [-0.05, 0) is 43.5 Å². The maximum absolute atomic E-state index is 5.99. The molecule has 0 bridgehead atoms. The monoisotopic (exact) mass is 249 g/mol. The molecule has 1 heterocycles. The zero-order valence-electron chi connectivity index (χ0n) is 12.6. The fourth-order valence-electron chi connectivity index (χ4n) is 2.22. The zero-order chi connectivity index (χ0) is 13.9. The molecule has 0 amide bonds. The molecule has 2 N–H and O–H groups in total. The molecule has 2 unspecified atom stereocenters. The number of pyridine rings is 1. The second-order valence-corrected chi connectivity index (χ2v) is 6.19. The van der Waals surface area contributed by atoms with Crippen molar-refractivity contribution in [1.29, 1.82) is 0 Å². The minimum absolute atomic E-state index is 0.230. The van der Waals surface area contributed by atoms with Crippen LogP contribution in [-0.4, -0.2) is 29.5 Å². The summed E-state index contributed by atoms with van der Waals surface area (Å²) in [5.41, 5.74) is 8.71. The van der Waals surface area contributed by atoms with Crippen LogP contribution in [0.4, 0.5) is 0 Å². The topological polar surface area (TPSA) is 42.1 Å². The van der Waals surface area contributed by atoms with Gasteiger partial charge in [-0.25, -0.2) is 0 Å². The highest BCUT2D eigenvalue weighted by molar-refractivity contribution is 5.25. The van der Waals surface area contributed by atoms with Gasteiger partial charge in [-0.15, -0.1) is 0 Å². The third-order valence-electron chi connectivity index (χ3n) is 4.02. The molecule has 1 aromatic heterocycles. The van der Waals surface area contributed by atoms with Crippen LogP contribution < -0.4 is 5.73 Å². The van der Waals surface area contributed by atoms with Crippen molar-refractivity contribution in [1.82, 2.24) is 9.88 Å². The van der Waals surface area contributed by atoms with E-state index in [2.05, 4.69) is 51.6 Å². The smallest absolute Gasteiger partial charge is 0.0488 e. The van der Waals surface area contributed by atoms with Crippen molar-refractivity contribution in [2.24, 2.45) is 11.1 Å². The Morgan fingerprint density at radius 2 is 2.00 bits per heavy atom. The van der Waals surface area contributed by atoms with Gasteiger partial charge in [-0.2, -0.15) is 0 Å². The predicted molar refractivity (Wildman–Crippen MR) is 77.4 cm³/mol. The molecule has 2 atom stereocenters. The number of nitrogens with two attached hydrogens (primary N) is 1. The molecule has 1 aromatic rings. The summed E-state index contributed by atoms with van der Waals surface area (Å²) in [4.78, 5) is 6.60. The Kier molecular flexibility index (Phi) is 4.88. The molecule has 1 rings (SSSR count). The van der Waals surface area contributed by atoms with Crippen LogP contribution >= 0.6 is 0 Å². The van der Waals surface area contributed by atoms with Gasteiger partial charge in [-0.1, -0.05) is 20.8 Å². The second kappa shape index (κ2) is 5.81. The van der Waals surface area contributed by atoms with Crippen LogP contribution in [0.15, 0.2) is 18.5 Å². The van der Waals surface area contributed by atoms with Gasteiger partial charge in [0.15, 0.2) is 0 Å². The highest BCUT2D eigenvalue weighted by atomic mass is 15.2. The molecule has 18 heavy (non-hydrogen) atoms. The molecular weight excluding hydrogens is 222 g/mol. The molecule has 0 spiro atoms. The number of rotatable bonds is 4. The SMILES string of the molecule is Cc1ccncc1C(CN)N(C)C(C)C(C)(C)C. The molecule has 3 heteroatoms. The summed E-state index contributed by atoms with van der Waals surface area (Å²) in [6.07, 6.45) is 3.78. The van der Waals surface area contributed by atoms with Crippen molar-refractivity contribution in [2.45, 2.75) is 46.7 Å². The first-order valence-electron chi connectivity index (χ1n) is 6.61. The summed E-state index contributed by atoms with van der Waals surface area (Å²) < 4.78 is 0. The maximum Gasteiger partial charge on any atom is 0.0488 e. The van der Waals surface area contributed by atoms with Crippen LogP contribution in [0.25, 0.3) is 0 Å². The number of likely N-dealkylation sites (N-methyl/N-ethyl adjacent to an activating group) is 1. The molecule has 0 radical (unpaired) electrons. The van der Waals surface area contributed by atoms with Crippen LogP contribution in [0.1, 0.15) is 44.9 Å². The maximum atomic E-state index is 5.99. The third-order valence-corrected chi connectivity index (χ3v) is 4.02. The van der Waals surface area contributed by atoms with Gasteiger partial charge in [0.05, 0.1) is 0 Å². The quantitative estimate of drug-likeness (QED) is 0.892. The summed E-state index contributed by atoms with van der Waals surface area (Å²) in [6, 6.07) is 2.73. The highest BCUT2D eigenvalue weighted by Crippen LogP contribution is 2.30. The fourth-order valence-corrected chi connectivity index (χ4v) is 2.22. The third kappa shape index (κ3) is 3.30. The predicted octanol–water partition coefficient (Wildman–Crippen LogP) is 2.76. The van der Waals surface area contributed by atoms with Gasteiger partial charge < -0.3 is 5.73 Å². The first kappa shape index (κ1) is 15.1. The average Bonchev–Trinajstić information content (AvgIpc) is 2.30. The molecular formula is C15H27N3. The zero-order valence-corrected chi connectivity index (χ0v) is 12.6. The summed E-state index contributed by atoms with van der Waals surface area (Å²) in [7, 11) is 2.15. The van der Waals surface area contributed by atoms with E-state index in [0.29, 0.717) is 12.6 Å². The summed E-state index contributed by atoms with van der Waals surface area (Å²) in [5, 5.41) is 0. The minimum Gasteiger partial charge on any atom is -0.329 e. The molecule has 3 nitrogen and oxygen atoms in total. The van der Waals surface area contributed by atoms with Crippen molar-refractivity contribution >= 4 is 0 Å². The van der Waals surface area contributed by atoms with Gasteiger partial charge in [0.2, 0.25) is 0 Å². The lowest BCUT2D eigenvalue weighted by Crippen LogP contribution is -2.44. The Labute approximate surface area is 111 Å². The molecule has 0 saturated carbocycles. The highest BCUT2D eigenvalue weighted by Gasteiger charge is 2.29. The second-order valence-electron chi connectivity index (χ2n) is 6.19. The molecule has 0 aliphatic carbocycles. The standard InChI is InChI=1S/C15H27N3/c1-11-7-8-17-10-13(11)14(9-16)18(6)12(2)15(3,4)5/h7-8,10,12,14H,9,16H2,1-6H3. The van der Waals surface area contributed by atoms with E-state index in [1.165, 1.54) is 11.1 Å². The lowest BCUT2D eigenvalue weighted by Gasteiger charge is -2.40.